The SMILES string of the molecule is CCNC(=O)CN1CCC[C@]2(CCC(=O)N(Cc3cnc(C)cn3)C2)C1. The fourth-order valence-corrected chi connectivity index (χ4v) is 4.18. The van der Waals surface area contributed by atoms with Crippen molar-refractivity contribution in [3.63, 3.8) is 0 Å². The third kappa shape index (κ3) is 4.58. The van der Waals surface area contributed by atoms with Crippen molar-refractivity contribution in [2.45, 2.75) is 46.1 Å². The Morgan fingerprint density at radius 1 is 1.27 bits per heavy atom. The van der Waals surface area contributed by atoms with E-state index in [0.717, 1.165) is 50.3 Å². The molecule has 1 atom stereocenters. The van der Waals surface area contributed by atoms with Crippen LogP contribution in [0.4, 0.5) is 0 Å². The molecule has 0 bridgehead atoms. The van der Waals surface area contributed by atoms with E-state index in [2.05, 4.69) is 20.2 Å². The summed E-state index contributed by atoms with van der Waals surface area (Å²) in [7, 11) is 0. The topological polar surface area (TPSA) is 78.4 Å². The van der Waals surface area contributed by atoms with Gasteiger partial charge < -0.3 is 10.2 Å². The zero-order valence-electron chi connectivity index (χ0n) is 15.8. The zero-order chi connectivity index (χ0) is 18.6. The summed E-state index contributed by atoms with van der Waals surface area (Å²) in [5.41, 5.74) is 1.80. The van der Waals surface area contributed by atoms with Crippen LogP contribution in [0.2, 0.25) is 0 Å². The lowest BCUT2D eigenvalue weighted by atomic mass is 9.73. The molecule has 0 radical (unpaired) electrons. The predicted octanol–water partition coefficient (Wildman–Crippen LogP) is 1.13. The second-order valence-electron chi connectivity index (χ2n) is 7.67. The zero-order valence-corrected chi connectivity index (χ0v) is 15.8. The summed E-state index contributed by atoms with van der Waals surface area (Å²) >= 11 is 0. The van der Waals surface area contributed by atoms with E-state index >= 15 is 0 Å². The number of likely N-dealkylation sites (N-methyl/N-ethyl adjacent to an activating group) is 1. The summed E-state index contributed by atoms with van der Waals surface area (Å²) in [6.07, 6.45) is 7.18. The minimum absolute atomic E-state index is 0.0863. The molecule has 3 heterocycles. The highest BCUT2D eigenvalue weighted by Crippen LogP contribution is 2.39. The summed E-state index contributed by atoms with van der Waals surface area (Å²) in [5, 5.41) is 2.88. The molecule has 7 heteroatoms. The fourth-order valence-electron chi connectivity index (χ4n) is 4.18. The molecule has 2 saturated heterocycles. The Bertz CT molecular complexity index is 648. The van der Waals surface area contributed by atoms with Gasteiger partial charge in [0, 0.05) is 37.7 Å². The minimum Gasteiger partial charge on any atom is -0.355 e. The molecule has 1 aromatic heterocycles. The lowest BCUT2D eigenvalue weighted by molar-refractivity contribution is -0.141. The van der Waals surface area contributed by atoms with E-state index in [4.69, 9.17) is 0 Å². The number of amides is 2. The number of likely N-dealkylation sites (tertiary alicyclic amines) is 2. The number of piperidine rings is 2. The molecule has 1 aromatic rings. The molecule has 1 N–H and O–H groups in total. The monoisotopic (exact) mass is 359 g/mol. The van der Waals surface area contributed by atoms with E-state index in [0.29, 0.717) is 26.1 Å². The molecule has 0 aromatic carbocycles. The van der Waals surface area contributed by atoms with Crippen LogP contribution < -0.4 is 5.32 Å². The highest BCUT2D eigenvalue weighted by molar-refractivity contribution is 5.78. The number of nitrogens with one attached hydrogen (secondary N) is 1. The fraction of sp³-hybridized carbons (Fsp3) is 0.684. The van der Waals surface area contributed by atoms with E-state index in [1.54, 1.807) is 12.4 Å². The average Bonchev–Trinajstić information content (AvgIpc) is 2.61. The van der Waals surface area contributed by atoms with E-state index < -0.39 is 0 Å². The van der Waals surface area contributed by atoms with Crippen LogP contribution in [0.15, 0.2) is 12.4 Å². The van der Waals surface area contributed by atoms with Gasteiger partial charge in [-0.05, 0) is 39.7 Å². The van der Waals surface area contributed by atoms with Crippen LogP contribution in [0.5, 0.6) is 0 Å². The Morgan fingerprint density at radius 2 is 2.12 bits per heavy atom. The Morgan fingerprint density at radius 3 is 2.85 bits per heavy atom. The number of carbonyl (C=O) groups is 2. The Hall–Kier alpha value is -2.02. The van der Waals surface area contributed by atoms with Gasteiger partial charge in [0.1, 0.15) is 0 Å². The molecular formula is C19H29N5O2. The number of hydrogen-bond acceptors (Lipinski definition) is 5. The second-order valence-corrected chi connectivity index (χ2v) is 7.67. The third-order valence-corrected chi connectivity index (χ3v) is 5.42. The molecule has 2 aliphatic heterocycles. The smallest absolute Gasteiger partial charge is 0.234 e. The first-order valence-electron chi connectivity index (χ1n) is 9.54. The van der Waals surface area contributed by atoms with Crippen LogP contribution in [-0.4, -0.2) is 64.3 Å². The molecule has 7 nitrogen and oxygen atoms in total. The van der Waals surface area contributed by atoms with Crippen molar-refractivity contribution >= 4 is 11.8 Å². The molecular weight excluding hydrogens is 330 g/mol. The van der Waals surface area contributed by atoms with Gasteiger partial charge in [0.15, 0.2) is 0 Å². The Kier molecular flexibility index (Phi) is 5.86. The van der Waals surface area contributed by atoms with Crippen molar-refractivity contribution in [3.8, 4) is 0 Å². The molecule has 0 aliphatic carbocycles. The van der Waals surface area contributed by atoms with Gasteiger partial charge in [-0.25, -0.2) is 0 Å². The maximum atomic E-state index is 12.4. The number of rotatable bonds is 5. The molecule has 3 rings (SSSR count). The number of aryl methyl sites for hydroxylation is 1. The van der Waals surface area contributed by atoms with Gasteiger partial charge in [-0.2, -0.15) is 0 Å². The Labute approximate surface area is 155 Å². The summed E-state index contributed by atoms with van der Waals surface area (Å²) < 4.78 is 0. The van der Waals surface area contributed by atoms with Gasteiger partial charge in [-0.3, -0.25) is 24.5 Å². The van der Waals surface area contributed by atoms with Crippen LogP contribution in [0.1, 0.15) is 44.0 Å². The standard InChI is InChI=1S/C19H29N5O2/c1-3-20-17(25)12-23-8-4-6-19(13-23)7-5-18(26)24(14-19)11-16-10-21-15(2)9-22-16/h9-10H,3-8,11-14H2,1-2H3,(H,20,25)/t19-/m0/s1. The highest BCUT2D eigenvalue weighted by Gasteiger charge is 2.41. The number of aromatic nitrogens is 2. The van der Waals surface area contributed by atoms with Crippen molar-refractivity contribution in [3.05, 3.63) is 23.8 Å². The molecule has 142 valence electrons. The largest absolute Gasteiger partial charge is 0.355 e. The van der Waals surface area contributed by atoms with Gasteiger partial charge >= 0.3 is 0 Å². The summed E-state index contributed by atoms with van der Waals surface area (Å²) in [4.78, 5) is 37.2. The molecule has 0 saturated carbocycles. The van der Waals surface area contributed by atoms with Gasteiger partial charge in [0.05, 0.1) is 30.7 Å². The highest BCUT2D eigenvalue weighted by atomic mass is 16.2. The van der Waals surface area contributed by atoms with Crippen molar-refractivity contribution in [2.24, 2.45) is 5.41 Å². The molecule has 26 heavy (non-hydrogen) atoms. The molecule has 0 unspecified atom stereocenters. The first-order chi connectivity index (χ1) is 12.5. The summed E-state index contributed by atoms with van der Waals surface area (Å²) in [6.45, 7) is 8.06. The van der Waals surface area contributed by atoms with Gasteiger partial charge in [-0.1, -0.05) is 0 Å². The minimum atomic E-state index is 0.0863. The predicted molar refractivity (Wildman–Crippen MR) is 98.2 cm³/mol. The van der Waals surface area contributed by atoms with Crippen LogP contribution in [0, 0.1) is 12.3 Å². The third-order valence-electron chi connectivity index (χ3n) is 5.42. The average molecular weight is 359 g/mol. The van der Waals surface area contributed by atoms with Crippen molar-refractivity contribution in [2.75, 3.05) is 32.7 Å². The van der Waals surface area contributed by atoms with Gasteiger partial charge in [0.2, 0.25) is 11.8 Å². The van der Waals surface area contributed by atoms with Gasteiger partial charge in [-0.15, -0.1) is 0 Å². The van der Waals surface area contributed by atoms with Crippen molar-refractivity contribution in [1.82, 2.24) is 25.1 Å². The Balaban J connectivity index is 1.64. The normalized spacial score (nSPS) is 24.1. The van der Waals surface area contributed by atoms with Crippen LogP contribution in [0.25, 0.3) is 0 Å². The van der Waals surface area contributed by atoms with Crippen molar-refractivity contribution in [1.29, 1.82) is 0 Å². The quantitative estimate of drug-likeness (QED) is 0.853. The van der Waals surface area contributed by atoms with Crippen LogP contribution >= 0.6 is 0 Å². The molecule has 2 aliphatic rings. The van der Waals surface area contributed by atoms with E-state index in [9.17, 15) is 9.59 Å². The maximum absolute atomic E-state index is 12.4. The lowest BCUT2D eigenvalue weighted by Crippen LogP contribution is -2.55. The van der Waals surface area contributed by atoms with E-state index in [1.165, 1.54) is 0 Å². The molecule has 1 spiro atoms. The van der Waals surface area contributed by atoms with E-state index in [1.807, 2.05) is 18.7 Å². The van der Waals surface area contributed by atoms with Crippen molar-refractivity contribution < 1.29 is 9.59 Å². The van der Waals surface area contributed by atoms with Crippen LogP contribution in [0.3, 0.4) is 0 Å². The van der Waals surface area contributed by atoms with Crippen LogP contribution in [-0.2, 0) is 16.1 Å². The number of nitrogens with zero attached hydrogens (tertiary/aromatic N) is 4. The number of hydrogen-bond donors (Lipinski definition) is 1. The first-order valence-corrected chi connectivity index (χ1v) is 9.54. The number of carbonyl (C=O) groups excluding carboxylic acids is 2. The lowest BCUT2D eigenvalue weighted by Gasteiger charge is -2.48. The van der Waals surface area contributed by atoms with Gasteiger partial charge in [0.25, 0.3) is 0 Å². The first kappa shape index (κ1) is 18.8. The summed E-state index contributed by atoms with van der Waals surface area (Å²) in [5.74, 6) is 0.280. The maximum Gasteiger partial charge on any atom is 0.234 e. The molecule has 2 fully saturated rings. The second kappa shape index (κ2) is 8.12. The summed E-state index contributed by atoms with van der Waals surface area (Å²) in [6, 6.07) is 0. The molecule has 2 amide bonds. The van der Waals surface area contributed by atoms with E-state index in [-0.39, 0.29) is 17.2 Å².